The van der Waals surface area contributed by atoms with E-state index in [-0.39, 0.29) is 11.9 Å². The molecule has 88 valence electrons. The van der Waals surface area contributed by atoms with Crippen LogP contribution in [0.3, 0.4) is 0 Å². The summed E-state index contributed by atoms with van der Waals surface area (Å²) in [5.41, 5.74) is 1.16. The van der Waals surface area contributed by atoms with Gasteiger partial charge in [-0.3, -0.25) is 4.79 Å². The molecular weight excluding hydrogens is 266 g/mol. The summed E-state index contributed by atoms with van der Waals surface area (Å²) in [6, 6.07) is 8.17. The van der Waals surface area contributed by atoms with E-state index in [1.54, 1.807) is 6.92 Å². The van der Waals surface area contributed by atoms with Crippen LogP contribution in [0.15, 0.2) is 28.7 Å². The summed E-state index contributed by atoms with van der Waals surface area (Å²) < 4.78 is 1.06. The maximum Gasteiger partial charge on any atom is 0.219 e. The Morgan fingerprint density at radius 2 is 2.06 bits per heavy atom. The van der Waals surface area contributed by atoms with Crippen molar-refractivity contribution >= 4 is 21.8 Å². The van der Waals surface area contributed by atoms with E-state index < -0.39 is 0 Å². The molecule has 0 aliphatic heterocycles. The second-order valence-corrected chi connectivity index (χ2v) is 4.76. The van der Waals surface area contributed by atoms with Crippen molar-refractivity contribution in [2.75, 3.05) is 6.54 Å². The largest absolute Gasteiger partial charge is 0.336 e. The average molecular weight is 284 g/mol. The number of halogens is 1. The molecule has 0 aliphatic rings. The first kappa shape index (κ1) is 13.2. The van der Waals surface area contributed by atoms with E-state index in [0.717, 1.165) is 23.0 Å². The zero-order chi connectivity index (χ0) is 12.1. The summed E-state index contributed by atoms with van der Waals surface area (Å²) in [6.45, 7) is 6.58. The summed E-state index contributed by atoms with van der Waals surface area (Å²) in [5, 5.41) is 0. The number of hydrogen-bond acceptors (Lipinski definition) is 1. The fourth-order valence-electron chi connectivity index (χ4n) is 1.85. The summed E-state index contributed by atoms with van der Waals surface area (Å²) in [5.74, 6) is 0.130. The van der Waals surface area contributed by atoms with Crippen LogP contribution < -0.4 is 0 Å². The van der Waals surface area contributed by atoms with Gasteiger partial charge in [0.25, 0.3) is 0 Å². The van der Waals surface area contributed by atoms with Gasteiger partial charge in [0.1, 0.15) is 0 Å². The maximum atomic E-state index is 11.6. The van der Waals surface area contributed by atoms with Gasteiger partial charge >= 0.3 is 0 Å². The van der Waals surface area contributed by atoms with Crippen molar-refractivity contribution in [2.24, 2.45) is 0 Å². The molecule has 16 heavy (non-hydrogen) atoms. The van der Waals surface area contributed by atoms with Crippen LogP contribution in [0, 0.1) is 0 Å². The van der Waals surface area contributed by atoms with Crippen molar-refractivity contribution in [3.8, 4) is 0 Å². The van der Waals surface area contributed by atoms with E-state index in [2.05, 4.69) is 35.8 Å². The smallest absolute Gasteiger partial charge is 0.219 e. The van der Waals surface area contributed by atoms with Crippen LogP contribution in [0.5, 0.6) is 0 Å². The molecular formula is C13H18BrNO. The second kappa shape index (κ2) is 6.04. The van der Waals surface area contributed by atoms with E-state index in [1.165, 1.54) is 0 Å². The lowest BCUT2D eigenvalue weighted by atomic mass is 10.1. The minimum atomic E-state index is 0.119. The molecule has 0 aliphatic carbocycles. The Morgan fingerprint density at radius 1 is 1.44 bits per heavy atom. The van der Waals surface area contributed by atoms with Gasteiger partial charge in [-0.1, -0.05) is 41.1 Å². The molecule has 0 aromatic heterocycles. The predicted octanol–water partition coefficient (Wildman–Crippen LogP) is 3.77. The molecule has 0 spiro atoms. The van der Waals surface area contributed by atoms with Gasteiger partial charge in [0.2, 0.25) is 5.91 Å². The Labute approximate surface area is 106 Å². The van der Waals surface area contributed by atoms with Crippen molar-refractivity contribution in [3.05, 3.63) is 34.3 Å². The summed E-state index contributed by atoms with van der Waals surface area (Å²) in [6.07, 6.45) is 0.981. The lowest BCUT2D eigenvalue weighted by Crippen LogP contribution is -2.32. The van der Waals surface area contributed by atoms with Crippen molar-refractivity contribution in [1.82, 2.24) is 4.90 Å². The van der Waals surface area contributed by atoms with Crippen LogP contribution in [0.2, 0.25) is 0 Å². The Kier molecular flexibility index (Phi) is 5.00. The lowest BCUT2D eigenvalue weighted by molar-refractivity contribution is -0.131. The number of carbonyl (C=O) groups is 1. The lowest BCUT2D eigenvalue weighted by Gasteiger charge is -2.28. The van der Waals surface area contributed by atoms with Crippen molar-refractivity contribution in [2.45, 2.75) is 33.2 Å². The van der Waals surface area contributed by atoms with Crippen LogP contribution in [0.25, 0.3) is 0 Å². The quantitative estimate of drug-likeness (QED) is 0.824. The molecule has 0 fully saturated rings. The fourth-order valence-corrected chi connectivity index (χ4v) is 2.46. The minimum Gasteiger partial charge on any atom is -0.336 e. The Hall–Kier alpha value is -0.830. The zero-order valence-electron chi connectivity index (χ0n) is 10.0. The maximum absolute atomic E-state index is 11.6. The molecule has 1 unspecified atom stereocenters. The SMILES string of the molecule is CCCN(C(C)=O)C(C)c1ccccc1Br. The third-order valence-electron chi connectivity index (χ3n) is 2.69. The van der Waals surface area contributed by atoms with Crippen LogP contribution in [0.1, 0.15) is 38.8 Å². The van der Waals surface area contributed by atoms with Gasteiger partial charge in [0.15, 0.2) is 0 Å². The number of hydrogen-bond donors (Lipinski definition) is 0. The monoisotopic (exact) mass is 283 g/mol. The molecule has 0 radical (unpaired) electrons. The van der Waals surface area contributed by atoms with Crippen LogP contribution in [-0.2, 0) is 4.79 Å². The fraction of sp³-hybridized carbons (Fsp3) is 0.462. The first-order valence-corrected chi connectivity index (χ1v) is 6.38. The minimum absolute atomic E-state index is 0.119. The Bertz CT molecular complexity index is 365. The van der Waals surface area contributed by atoms with Crippen molar-refractivity contribution in [3.63, 3.8) is 0 Å². The zero-order valence-corrected chi connectivity index (χ0v) is 11.6. The van der Waals surface area contributed by atoms with E-state index in [1.807, 2.05) is 23.1 Å². The molecule has 2 nitrogen and oxygen atoms in total. The molecule has 0 heterocycles. The first-order chi connectivity index (χ1) is 7.57. The van der Waals surface area contributed by atoms with Gasteiger partial charge in [-0.05, 0) is 25.0 Å². The molecule has 3 heteroatoms. The van der Waals surface area contributed by atoms with E-state index in [9.17, 15) is 4.79 Å². The van der Waals surface area contributed by atoms with Gasteiger partial charge in [0.05, 0.1) is 6.04 Å². The van der Waals surface area contributed by atoms with Gasteiger partial charge in [0, 0.05) is 17.9 Å². The van der Waals surface area contributed by atoms with E-state index in [4.69, 9.17) is 0 Å². The summed E-state index contributed by atoms with van der Waals surface area (Å²) >= 11 is 3.53. The number of carbonyl (C=O) groups excluding carboxylic acids is 1. The molecule has 1 aromatic carbocycles. The van der Waals surface area contributed by atoms with E-state index in [0.29, 0.717) is 0 Å². The highest BCUT2D eigenvalue weighted by molar-refractivity contribution is 9.10. The second-order valence-electron chi connectivity index (χ2n) is 3.91. The molecule has 0 N–H and O–H groups in total. The molecule has 0 saturated carbocycles. The number of nitrogens with zero attached hydrogens (tertiary/aromatic N) is 1. The highest BCUT2D eigenvalue weighted by Crippen LogP contribution is 2.27. The molecule has 0 bridgehead atoms. The molecule has 1 aromatic rings. The molecule has 1 rings (SSSR count). The predicted molar refractivity (Wildman–Crippen MR) is 70.2 cm³/mol. The Morgan fingerprint density at radius 3 is 2.56 bits per heavy atom. The topological polar surface area (TPSA) is 20.3 Å². The average Bonchev–Trinajstić information content (AvgIpc) is 2.25. The van der Waals surface area contributed by atoms with Crippen LogP contribution in [0.4, 0.5) is 0 Å². The third-order valence-corrected chi connectivity index (χ3v) is 3.41. The van der Waals surface area contributed by atoms with Crippen molar-refractivity contribution < 1.29 is 4.79 Å². The molecule has 1 atom stereocenters. The van der Waals surface area contributed by atoms with Gasteiger partial charge in [-0.25, -0.2) is 0 Å². The highest BCUT2D eigenvalue weighted by Gasteiger charge is 2.18. The molecule has 1 amide bonds. The molecule has 0 saturated heterocycles. The van der Waals surface area contributed by atoms with Crippen LogP contribution >= 0.6 is 15.9 Å². The standard InChI is InChI=1S/C13H18BrNO/c1-4-9-15(11(3)16)10(2)12-7-5-6-8-13(12)14/h5-8,10H,4,9H2,1-3H3. The normalized spacial score (nSPS) is 12.2. The first-order valence-electron chi connectivity index (χ1n) is 5.59. The third kappa shape index (κ3) is 3.08. The van der Waals surface area contributed by atoms with Crippen molar-refractivity contribution in [1.29, 1.82) is 0 Å². The van der Waals surface area contributed by atoms with Gasteiger partial charge in [-0.2, -0.15) is 0 Å². The Balaban J connectivity index is 2.94. The van der Waals surface area contributed by atoms with E-state index >= 15 is 0 Å². The highest BCUT2D eigenvalue weighted by atomic mass is 79.9. The number of rotatable bonds is 4. The van der Waals surface area contributed by atoms with Gasteiger partial charge in [-0.15, -0.1) is 0 Å². The summed E-state index contributed by atoms with van der Waals surface area (Å²) in [7, 11) is 0. The number of amides is 1. The number of benzene rings is 1. The van der Waals surface area contributed by atoms with Gasteiger partial charge < -0.3 is 4.90 Å². The summed E-state index contributed by atoms with van der Waals surface area (Å²) in [4.78, 5) is 13.5. The van der Waals surface area contributed by atoms with Crippen LogP contribution in [-0.4, -0.2) is 17.4 Å².